The number of hydrogen-bond acceptors (Lipinski definition) is 4. The Morgan fingerprint density at radius 1 is 1.42 bits per heavy atom. The monoisotopic (exact) mass is 321 g/mol. The Hall–Kier alpha value is -1.20. The van der Waals surface area contributed by atoms with E-state index in [1.54, 1.807) is 12.4 Å². The summed E-state index contributed by atoms with van der Waals surface area (Å²) in [5, 5.41) is 10.0. The molecule has 0 aliphatic carbocycles. The van der Waals surface area contributed by atoms with Crippen molar-refractivity contribution in [2.24, 2.45) is 5.92 Å². The predicted molar refractivity (Wildman–Crippen MR) is 79.2 cm³/mol. The third-order valence-corrected chi connectivity index (χ3v) is 4.22. The van der Waals surface area contributed by atoms with E-state index in [9.17, 15) is 5.11 Å². The molecule has 1 saturated heterocycles. The zero-order valence-electron chi connectivity index (χ0n) is 10.8. The zero-order valence-corrected chi connectivity index (χ0v) is 12.3. The highest BCUT2D eigenvalue weighted by atomic mass is 79.9. The minimum atomic E-state index is -0.271. The molecule has 2 aromatic heterocycles. The number of hydrogen-bond donors (Lipinski definition) is 1. The Labute approximate surface area is 120 Å². The molecular formula is C14H16BrN3O. The van der Waals surface area contributed by atoms with Crippen LogP contribution in [0.4, 0.5) is 5.69 Å². The molecule has 0 aromatic carbocycles. The number of aromatic nitrogens is 2. The van der Waals surface area contributed by atoms with Gasteiger partial charge in [-0.2, -0.15) is 0 Å². The first-order chi connectivity index (χ1) is 9.15. The number of halogens is 1. The molecule has 3 heterocycles. The number of fused-ring (bicyclic) bond motifs is 1. The van der Waals surface area contributed by atoms with Gasteiger partial charge in [0.25, 0.3) is 0 Å². The minimum absolute atomic E-state index is 0.271. The highest BCUT2D eigenvalue weighted by Crippen LogP contribution is 2.29. The van der Waals surface area contributed by atoms with Crippen LogP contribution in [0.2, 0.25) is 0 Å². The van der Waals surface area contributed by atoms with Crippen LogP contribution in [0, 0.1) is 5.92 Å². The molecule has 1 N–H and O–H groups in total. The van der Waals surface area contributed by atoms with Gasteiger partial charge in [-0.1, -0.05) is 6.92 Å². The number of aliphatic hydroxyl groups is 1. The van der Waals surface area contributed by atoms with Crippen molar-refractivity contribution in [3.05, 3.63) is 29.0 Å². The fraction of sp³-hybridized carbons (Fsp3) is 0.429. The highest BCUT2D eigenvalue weighted by Gasteiger charge is 2.25. The van der Waals surface area contributed by atoms with Crippen molar-refractivity contribution < 1.29 is 5.11 Å². The maximum absolute atomic E-state index is 10.0. The summed E-state index contributed by atoms with van der Waals surface area (Å²) in [6.07, 6.45) is 4.32. The quantitative estimate of drug-likeness (QED) is 0.877. The van der Waals surface area contributed by atoms with Gasteiger partial charge in [0.15, 0.2) is 0 Å². The summed E-state index contributed by atoms with van der Waals surface area (Å²) in [5.41, 5.74) is 2.83. The van der Waals surface area contributed by atoms with Crippen LogP contribution in [0.15, 0.2) is 29.0 Å². The molecule has 1 fully saturated rings. The van der Waals surface area contributed by atoms with Gasteiger partial charge in [0.1, 0.15) is 5.52 Å². The van der Waals surface area contributed by atoms with E-state index in [4.69, 9.17) is 0 Å². The molecule has 3 rings (SSSR count). The Morgan fingerprint density at radius 2 is 2.26 bits per heavy atom. The van der Waals surface area contributed by atoms with Crippen LogP contribution in [0.25, 0.3) is 11.0 Å². The topological polar surface area (TPSA) is 49.2 Å². The summed E-state index contributed by atoms with van der Waals surface area (Å²) in [6.45, 7) is 3.72. The molecule has 1 aliphatic rings. The van der Waals surface area contributed by atoms with E-state index in [-0.39, 0.29) is 6.10 Å². The van der Waals surface area contributed by atoms with Crippen LogP contribution in [0.1, 0.15) is 13.3 Å². The molecule has 1 aliphatic heterocycles. The lowest BCUT2D eigenvalue weighted by Gasteiger charge is -2.36. The van der Waals surface area contributed by atoms with Gasteiger partial charge in [-0.3, -0.25) is 9.97 Å². The average Bonchev–Trinajstić information content (AvgIpc) is 2.41. The lowest BCUT2D eigenvalue weighted by atomic mass is 9.95. The third kappa shape index (κ3) is 2.44. The van der Waals surface area contributed by atoms with Crippen LogP contribution in [-0.2, 0) is 0 Å². The van der Waals surface area contributed by atoms with Crippen molar-refractivity contribution in [1.82, 2.24) is 9.97 Å². The molecule has 5 heteroatoms. The summed E-state index contributed by atoms with van der Waals surface area (Å²) >= 11 is 3.41. The van der Waals surface area contributed by atoms with E-state index >= 15 is 0 Å². The fourth-order valence-electron chi connectivity index (χ4n) is 2.51. The SMILES string of the molecule is C[C@@H]1CCN(c2ccnc3cc(Br)cnc23)C[C@@H]1O. The van der Waals surface area contributed by atoms with Crippen molar-refractivity contribution in [2.75, 3.05) is 18.0 Å². The van der Waals surface area contributed by atoms with Gasteiger partial charge in [0.05, 0.1) is 17.3 Å². The standard InChI is InChI=1S/C14H16BrN3O/c1-9-3-5-18(8-13(9)19)12-2-4-16-11-6-10(15)7-17-14(11)12/h2,4,6-7,9,13,19H,3,5,8H2,1H3/t9-,13+/m1/s1. The number of β-amino-alcohol motifs (C(OH)–C–C–N with tert-alkyl or cyclic N) is 1. The van der Waals surface area contributed by atoms with Crippen LogP contribution in [0.3, 0.4) is 0 Å². The molecule has 0 saturated carbocycles. The maximum atomic E-state index is 10.0. The van der Waals surface area contributed by atoms with Crippen molar-refractivity contribution in [3.63, 3.8) is 0 Å². The number of rotatable bonds is 1. The van der Waals surface area contributed by atoms with E-state index in [2.05, 4.69) is 37.7 Å². The van der Waals surface area contributed by atoms with Gasteiger partial charge in [0.2, 0.25) is 0 Å². The van der Waals surface area contributed by atoms with Gasteiger partial charge >= 0.3 is 0 Å². The highest BCUT2D eigenvalue weighted by molar-refractivity contribution is 9.10. The van der Waals surface area contributed by atoms with E-state index < -0.39 is 0 Å². The van der Waals surface area contributed by atoms with Crippen molar-refractivity contribution >= 4 is 32.7 Å². The molecule has 0 spiro atoms. The molecular weight excluding hydrogens is 306 g/mol. The van der Waals surface area contributed by atoms with Gasteiger partial charge in [-0.05, 0) is 40.4 Å². The number of aliphatic hydroxyl groups excluding tert-OH is 1. The predicted octanol–water partition coefficient (Wildman–Crippen LogP) is 2.60. The van der Waals surface area contributed by atoms with Crippen LogP contribution in [-0.4, -0.2) is 34.3 Å². The minimum Gasteiger partial charge on any atom is -0.391 e. The molecule has 2 aromatic rings. The lowest BCUT2D eigenvalue weighted by molar-refractivity contribution is 0.103. The number of pyridine rings is 2. The summed E-state index contributed by atoms with van der Waals surface area (Å²) in [6, 6.07) is 3.95. The number of anilines is 1. The van der Waals surface area contributed by atoms with Gasteiger partial charge in [0, 0.05) is 30.0 Å². The Balaban J connectivity index is 2.01. The first-order valence-electron chi connectivity index (χ1n) is 6.48. The summed E-state index contributed by atoms with van der Waals surface area (Å²) < 4.78 is 0.928. The van der Waals surface area contributed by atoms with Gasteiger partial charge < -0.3 is 10.0 Å². The van der Waals surface area contributed by atoms with Gasteiger partial charge in [-0.25, -0.2) is 0 Å². The largest absolute Gasteiger partial charge is 0.391 e. The van der Waals surface area contributed by atoms with E-state index in [0.29, 0.717) is 12.5 Å². The lowest BCUT2D eigenvalue weighted by Crippen LogP contribution is -2.43. The summed E-state index contributed by atoms with van der Waals surface area (Å²) in [4.78, 5) is 11.0. The molecule has 19 heavy (non-hydrogen) atoms. The Bertz CT molecular complexity index is 604. The van der Waals surface area contributed by atoms with Crippen LogP contribution < -0.4 is 4.90 Å². The molecule has 4 nitrogen and oxygen atoms in total. The number of piperidine rings is 1. The molecule has 100 valence electrons. The van der Waals surface area contributed by atoms with E-state index in [0.717, 1.165) is 34.2 Å². The number of nitrogens with zero attached hydrogens (tertiary/aromatic N) is 3. The fourth-order valence-corrected chi connectivity index (χ4v) is 2.83. The summed E-state index contributed by atoms with van der Waals surface area (Å²) in [5.74, 6) is 0.367. The van der Waals surface area contributed by atoms with Crippen molar-refractivity contribution in [1.29, 1.82) is 0 Å². The van der Waals surface area contributed by atoms with Gasteiger partial charge in [-0.15, -0.1) is 0 Å². The Kier molecular flexibility index (Phi) is 3.41. The molecule has 0 radical (unpaired) electrons. The van der Waals surface area contributed by atoms with Crippen molar-refractivity contribution in [2.45, 2.75) is 19.4 Å². The Morgan fingerprint density at radius 3 is 3.05 bits per heavy atom. The first kappa shape index (κ1) is 12.8. The molecule has 2 atom stereocenters. The van der Waals surface area contributed by atoms with Crippen LogP contribution >= 0.6 is 15.9 Å². The second kappa shape index (κ2) is 5.06. The van der Waals surface area contributed by atoms with E-state index in [1.807, 2.05) is 12.1 Å². The maximum Gasteiger partial charge on any atom is 0.112 e. The second-order valence-electron chi connectivity index (χ2n) is 5.13. The molecule has 0 unspecified atom stereocenters. The second-order valence-corrected chi connectivity index (χ2v) is 6.05. The summed E-state index contributed by atoms with van der Waals surface area (Å²) in [7, 11) is 0. The third-order valence-electron chi connectivity index (χ3n) is 3.78. The molecule has 0 bridgehead atoms. The van der Waals surface area contributed by atoms with E-state index in [1.165, 1.54) is 0 Å². The van der Waals surface area contributed by atoms with Crippen LogP contribution in [0.5, 0.6) is 0 Å². The zero-order chi connectivity index (χ0) is 13.4. The smallest absolute Gasteiger partial charge is 0.112 e. The van der Waals surface area contributed by atoms with Crippen molar-refractivity contribution in [3.8, 4) is 0 Å². The average molecular weight is 322 g/mol. The first-order valence-corrected chi connectivity index (χ1v) is 7.28. The normalized spacial score (nSPS) is 23.8. The molecule has 0 amide bonds.